The number of hydrogen-bond acceptors (Lipinski definition) is 4. The van der Waals surface area contributed by atoms with Gasteiger partial charge in [0.2, 0.25) is 11.5 Å². The number of amides is 2. The van der Waals surface area contributed by atoms with Crippen molar-refractivity contribution in [2.24, 2.45) is 0 Å². The van der Waals surface area contributed by atoms with Crippen molar-refractivity contribution in [2.75, 3.05) is 31.7 Å². The number of anilines is 1. The lowest BCUT2D eigenvalue weighted by atomic mass is 9.99. The topological polar surface area (TPSA) is 67.9 Å². The van der Waals surface area contributed by atoms with Crippen molar-refractivity contribution in [3.63, 3.8) is 0 Å². The van der Waals surface area contributed by atoms with Crippen molar-refractivity contribution in [2.45, 2.75) is 39.0 Å². The van der Waals surface area contributed by atoms with E-state index in [4.69, 9.17) is 9.47 Å². The molecule has 1 aliphatic heterocycles. The third kappa shape index (κ3) is 4.35. The van der Waals surface area contributed by atoms with Crippen molar-refractivity contribution in [1.82, 2.24) is 5.32 Å². The highest BCUT2D eigenvalue weighted by atomic mass is 19.4. The van der Waals surface area contributed by atoms with Crippen LogP contribution in [0.15, 0.2) is 12.1 Å². The molecule has 9 heteroatoms. The number of nitrogens with zero attached hydrogens (tertiary/aromatic N) is 1. The van der Waals surface area contributed by atoms with Gasteiger partial charge in [0, 0.05) is 26.6 Å². The molecule has 0 spiro atoms. The summed E-state index contributed by atoms with van der Waals surface area (Å²) in [6, 6.07) is 2.19. The highest BCUT2D eigenvalue weighted by Crippen LogP contribution is 2.43. The molecule has 0 saturated heterocycles. The summed E-state index contributed by atoms with van der Waals surface area (Å²) in [5.41, 5.74) is -2.07. The Kier molecular flexibility index (Phi) is 6.04. The van der Waals surface area contributed by atoms with Gasteiger partial charge >= 0.3 is 6.18 Å². The molecule has 1 unspecified atom stereocenters. The average Bonchev–Trinajstić information content (AvgIpc) is 2.57. The van der Waals surface area contributed by atoms with Gasteiger partial charge in [-0.05, 0) is 31.5 Å². The third-order valence-electron chi connectivity index (χ3n) is 4.33. The molecule has 6 nitrogen and oxygen atoms in total. The molecule has 2 amide bonds. The largest absolute Gasteiger partial charge is 0.473 e. The number of alkyl halides is 3. The quantitative estimate of drug-likeness (QED) is 0.814. The number of ether oxygens (including phenoxy) is 2. The molecule has 0 aliphatic carbocycles. The van der Waals surface area contributed by atoms with Crippen LogP contribution in [0.4, 0.5) is 18.9 Å². The van der Waals surface area contributed by atoms with Gasteiger partial charge in [0.15, 0.2) is 0 Å². The zero-order valence-electron chi connectivity index (χ0n) is 15.7. The summed E-state index contributed by atoms with van der Waals surface area (Å²) in [7, 11) is 1.37. The molecule has 1 aliphatic rings. The summed E-state index contributed by atoms with van der Waals surface area (Å²) < 4.78 is 50.4. The second-order valence-corrected chi connectivity index (χ2v) is 6.56. The number of aryl methyl sites for hydroxylation is 1. The molecule has 27 heavy (non-hydrogen) atoms. The van der Waals surface area contributed by atoms with Gasteiger partial charge in [-0.2, -0.15) is 13.2 Å². The lowest BCUT2D eigenvalue weighted by Crippen LogP contribution is -2.58. The zero-order chi connectivity index (χ0) is 20.4. The number of carbonyl (C=O) groups is 2. The molecule has 0 fully saturated rings. The predicted octanol–water partition coefficient (Wildman–Crippen LogP) is 2.67. The van der Waals surface area contributed by atoms with Crippen LogP contribution < -0.4 is 15.0 Å². The van der Waals surface area contributed by atoms with Crippen LogP contribution in [0, 0.1) is 6.92 Å². The van der Waals surface area contributed by atoms with E-state index in [0.29, 0.717) is 6.42 Å². The van der Waals surface area contributed by atoms with Crippen LogP contribution in [-0.2, 0) is 20.5 Å². The van der Waals surface area contributed by atoms with Gasteiger partial charge in [0.1, 0.15) is 5.75 Å². The maximum absolute atomic E-state index is 13.3. The first kappa shape index (κ1) is 21.0. The molecule has 1 aromatic rings. The number of nitrogens with one attached hydrogen (secondary N) is 1. The molecule has 1 N–H and O–H groups in total. The van der Waals surface area contributed by atoms with Gasteiger partial charge in [-0.1, -0.05) is 6.92 Å². The van der Waals surface area contributed by atoms with Crippen molar-refractivity contribution in [3.05, 3.63) is 23.3 Å². The SMILES string of the molecule is CCC(=O)NCCN1C(=O)C(C)(COC)Oc2cc(C(F)(F)F)c(C)cc21. The van der Waals surface area contributed by atoms with Crippen LogP contribution in [0.25, 0.3) is 0 Å². The standard InChI is InChI=1S/C18H23F3N2O4/c1-5-15(24)22-6-7-23-13-8-11(2)12(18(19,20)21)9-14(13)27-17(3,10-26-4)16(23)25/h8-9H,5-7,10H2,1-4H3,(H,22,24). The van der Waals surface area contributed by atoms with Crippen LogP contribution in [0.3, 0.4) is 0 Å². The fourth-order valence-corrected chi connectivity index (χ4v) is 2.97. The van der Waals surface area contributed by atoms with E-state index in [1.54, 1.807) is 6.92 Å². The lowest BCUT2D eigenvalue weighted by molar-refractivity contribution is -0.140. The first-order valence-corrected chi connectivity index (χ1v) is 8.52. The van der Waals surface area contributed by atoms with E-state index in [1.165, 1.54) is 31.9 Å². The third-order valence-corrected chi connectivity index (χ3v) is 4.33. The van der Waals surface area contributed by atoms with Crippen LogP contribution in [0.1, 0.15) is 31.4 Å². The summed E-state index contributed by atoms with van der Waals surface area (Å²) in [4.78, 5) is 25.7. The van der Waals surface area contributed by atoms with Crippen molar-refractivity contribution in [3.8, 4) is 5.75 Å². The van der Waals surface area contributed by atoms with E-state index < -0.39 is 23.2 Å². The van der Waals surface area contributed by atoms with E-state index in [2.05, 4.69) is 5.32 Å². The summed E-state index contributed by atoms with van der Waals surface area (Å²) >= 11 is 0. The lowest BCUT2D eigenvalue weighted by Gasteiger charge is -2.40. The summed E-state index contributed by atoms with van der Waals surface area (Å²) in [5, 5.41) is 2.66. The van der Waals surface area contributed by atoms with Crippen molar-refractivity contribution < 1.29 is 32.2 Å². The average molecular weight is 388 g/mol. The van der Waals surface area contributed by atoms with E-state index in [9.17, 15) is 22.8 Å². The van der Waals surface area contributed by atoms with Gasteiger partial charge in [-0.15, -0.1) is 0 Å². The monoisotopic (exact) mass is 388 g/mol. The molecular weight excluding hydrogens is 365 g/mol. The van der Waals surface area contributed by atoms with Crippen LogP contribution in [-0.4, -0.2) is 44.2 Å². The maximum Gasteiger partial charge on any atom is 0.416 e. The minimum atomic E-state index is -4.54. The molecule has 1 heterocycles. The van der Waals surface area contributed by atoms with E-state index >= 15 is 0 Å². The molecule has 0 radical (unpaired) electrons. The van der Waals surface area contributed by atoms with Crippen LogP contribution in [0.5, 0.6) is 5.75 Å². The Labute approximate surface area is 155 Å². The number of rotatable bonds is 6. The second kappa shape index (κ2) is 7.75. The Morgan fingerprint density at radius 3 is 2.59 bits per heavy atom. The Morgan fingerprint density at radius 2 is 2.04 bits per heavy atom. The van der Waals surface area contributed by atoms with Crippen LogP contribution in [0.2, 0.25) is 0 Å². The highest BCUT2D eigenvalue weighted by molar-refractivity contribution is 6.03. The molecule has 0 bridgehead atoms. The van der Waals surface area contributed by atoms with Gasteiger partial charge in [0.05, 0.1) is 17.9 Å². The molecule has 1 atom stereocenters. The van der Waals surface area contributed by atoms with Crippen molar-refractivity contribution in [1.29, 1.82) is 0 Å². The first-order chi connectivity index (χ1) is 12.5. The minimum Gasteiger partial charge on any atom is -0.473 e. The molecule has 150 valence electrons. The Hall–Kier alpha value is -2.29. The van der Waals surface area contributed by atoms with E-state index in [1.807, 2.05) is 0 Å². The van der Waals surface area contributed by atoms with Crippen LogP contribution >= 0.6 is 0 Å². The molecule has 0 saturated carbocycles. The minimum absolute atomic E-state index is 0.0180. The maximum atomic E-state index is 13.3. The first-order valence-electron chi connectivity index (χ1n) is 8.52. The molecule has 1 aromatic carbocycles. The fraction of sp³-hybridized carbons (Fsp3) is 0.556. The smallest absolute Gasteiger partial charge is 0.416 e. The predicted molar refractivity (Wildman–Crippen MR) is 92.7 cm³/mol. The number of fused-ring (bicyclic) bond motifs is 1. The number of halogens is 3. The van der Waals surface area contributed by atoms with Crippen molar-refractivity contribution >= 4 is 17.5 Å². The number of carbonyl (C=O) groups excluding carboxylic acids is 2. The van der Waals surface area contributed by atoms with Gasteiger partial charge < -0.3 is 19.7 Å². The fourth-order valence-electron chi connectivity index (χ4n) is 2.97. The molecular formula is C18H23F3N2O4. The number of benzene rings is 1. The zero-order valence-corrected chi connectivity index (χ0v) is 15.7. The highest BCUT2D eigenvalue weighted by Gasteiger charge is 2.46. The number of hydrogen-bond donors (Lipinski definition) is 1. The van der Waals surface area contributed by atoms with E-state index in [-0.39, 0.29) is 42.6 Å². The Bertz CT molecular complexity index is 736. The van der Waals surface area contributed by atoms with E-state index in [0.717, 1.165) is 6.07 Å². The Balaban J connectivity index is 2.45. The molecule has 2 rings (SSSR count). The van der Waals surface area contributed by atoms with Gasteiger partial charge in [0.25, 0.3) is 5.91 Å². The summed E-state index contributed by atoms with van der Waals surface area (Å²) in [5.74, 6) is -0.671. The summed E-state index contributed by atoms with van der Waals surface area (Å²) in [6.07, 6.45) is -4.25. The number of methoxy groups -OCH3 is 1. The summed E-state index contributed by atoms with van der Waals surface area (Å²) in [6.45, 7) is 4.63. The Morgan fingerprint density at radius 1 is 1.37 bits per heavy atom. The van der Waals surface area contributed by atoms with Gasteiger partial charge in [-0.25, -0.2) is 0 Å². The van der Waals surface area contributed by atoms with Gasteiger partial charge in [-0.3, -0.25) is 9.59 Å². The second-order valence-electron chi connectivity index (χ2n) is 6.56. The normalized spacial score (nSPS) is 19.5. The molecule has 0 aromatic heterocycles.